The lowest BCUT2D eigenvalue weighted by atomic mass is 10.1. The van der Waals surface area contributed by atoms with Crippen molar-refractivity contribution in [3.63, 3.8) is 0 Å². The van der Waals surface area contributed by atoms with Crippen molar-refractivity contribution in [2.75, 3.05) is 24.4 Å². The smallest absolute Gasteiger partial charge is 0.337 e. The Labute approximate surface area is 122 Å². The predicted molar refractivity (Wildman–Crippen MR) is 80.5 cm³/mol. The van der Waals surface area contributed by atoms with Crippen LogP contribution in [0.4, 0.5) is 11.4 Å². The Morgan fingerprint density at radius 2 is 2.25 bits per heavy atom. The average Bonchev–Trinajstić information content (AvgIpc) is 2.45. The van der Waals surface area contributed by atoms with Gasteiger partial charge in [0.25, 0.3) is 5.69 Å². The van der Waals surface area contributed by atoms with Crippen LogP contribution in [0.5, 0.6) is 0 Å². The highest BCUT2D eigenvalue weighted by atomic mass is 32.2. The molecule has 1 atom stereocenters. The summed E-state index contributed by atoms with van der Waals surface area (Å²) in [5, 5.41) is 14.2. The zero-order valence-electron chi connectivity index (χ0n) is 11.7. The maximum Gasteiger partial charge on any atom is 0.337 e. The molecule has 0 spiro atoms. The molecule has 20 heavy (non-hydrogen) atoms. The average molecular weight is 298 g/mol. The highest BCUT2D eigenvalue weighted by molar-refractivity contribution is 7.98. The zero-order valence-corrected chi connectivity index (χ0v) is 12.5. The Kier molecular flexibility index (Phi) is 6.30. The molecule has 0 aliphatic heterocycles. The molecule has 1 rings (SSSR count). The molecule has 110 valence electrons. The minimum Gasteiger partial charge on any atom is -0.465 e. The molecule has 0 amide bonds. The Bertz CT molecular complexity index is 493. The van der Waals surface area contributed by atoms with Crippen molar-refractivity contribution in [1.82, 2.24) is 0 Å². The van der Waals surface area contributed by atoms with E-state index in [0.29, 0.717) is 11.3 Å². The van der Waals surface area contributed by atoms with E-state index in [9.17, 15) is 14.9 Å². The highest BCUT2D eigenvalue weighted by Crippen LogP contribution is 2.27. The number of methoxy groups -OCH3 is 1. The first-order chi connectivity index (χ1) is 9.53. The van der Waals surface area contributed by atoms with E-state index in [0.717, 1.165) is 12.2 Å². The number of carbonyl (C=O) groups excluding carboxylic acids is 1. The summed E-state index contributed by atoms with van der Waals surface area (Å²) in [6, 6.07) is 4.29. The fourth-order valence-electron chi connectivity index (χ4n) is 1.74. The van der Waals surface area contributed by atoms with Crippen LogP contribution in [0.3, 0.4) is 0 Å². The van der Waals surface area contributed by atoms with Gasteiger partial charge in [0, 0.05) is 17.9 Å². The molecule has 0 aromatic heterocycles. The van der Waals surface area contributed by atoms with Crippen LogP contribution in [-0.4, -0.2) is 36.1 Å². The maximum atomic E-state index is 11.5. The summed E-state index contributed by atoms with van der Waals surface area (Å²) >= 11 is 1.66. The highest BCUT2D eigenvalue weighted by Gasteiger charge is 2.19. The van der Waals surface area contributed by atoms with E-state index in [2.05, 4.69) is 10.1 Å². The number of nitro groups is 1. The molecule has 1 aromatic rings. The summed E-state index contributed by atoms with van der Waals surface area (Å²) in [4.78, 5) is 22.1. The third kappa shape index (κ3) is 4.12. The van der Waals surface area contributed by atoms with Gasteiger partial charge in [0.05, 0.1) is 17.6 Å². The van der Waals surface area contributed by atoms with Gasteiger partial charge in [-0.15, -0.1) is 0 Å². The lowest BCUT2D eigenvalue weighted by molar-refractivity contribution is -0.384. The molecule has 0 aliphatic rings. The summed E-state index contributed by atoms with van der Waals surface area (Å²) in [6.07, 6.45) is 2.81. The molecule has 6 nitrogen and oxygen atoms in total. The van der Waals surface area contributed by atoms with Crippen molar-refractivity contribution < 1.29 is 14.5 Å². The first kappa shape index (κ1) is 16.3. The number of hydrogen-bond acceptors (Lipinski definition) is 6. The lowest BCUT2D eigenvalue weighted by Gasteiger charge is -2.17. The lowest BCUT2D eigenvalue weighted by Crippen LogP contribution is -2.22. The quantitative estimate of drug-likeness (QED) is 0.473. The first-order valence-corrected chi connectivity index (χ1v) is 7.55. The van der Waals surface area contributed by atoms with Crippen molar-refractivity contribution in [2.24, 2.45) is 0 Å². The number of thioether (sulfide) groups is 1. The second kappa shape index (κ2) is 7.74. The molecule has 0 saturated heterocycles. The van der Waals surface area contributed by atoms with Gasteiger partial charge in [-0.1, -0.05) is 6.92 Å². The van der Waals surface area contributed by atoms with E-state index in [1.807, 2.05) is 13.2 Å². The molecule has 0 fully saturated rings. The molecular weight excluding hydrogens is 280 g/mol. The van der Waals surface area contributed by atoms with Crippen molar-refractivity contribution in [2.45, 2.75) is 19.4 Å². The van der Waals surface area contributed by atoms with Crippen LogP contribution in [-0.2, 0) is 4.74 Å². The fourth-order valence-corrected chi connectivity index (χ4v) is 2.46. The third-order valence-electron chi connectivity index (χ3n) is 2.83. The number of hydrogen-bond donors (Lipinski definition) is 1. The molecule has 0 radical (unpaired) electrons. The molecule has 0 saturated carbocycles. The minimum atomic E-state index is -0.513. The summed E-state index contributed by atoms with van der Waals surface area (Å²) in [5.41, 5.74) is 0.593. The molecule has 1 N–H and O–H groups in total. The molecule has 1 aromatic carbocycles. The maximum absolute atomic E-state index is 11.5. The molecule has 0 aliphatic carbocycles. The normalized spacial score (nSPS) is 11.8. The van der Waals surface area contributed by atoms with Gasteiger partial charge in [-0.3, -0.25) is 10.1 Å². The summed E-state index contributed by atoms with van der Waals surface area (Å²) in [7, 11) is 1.28. The molecule has 0 bridgehead atoms. The van der Waals surface area contributed by atoms with Gasteiger partial charge in [-0.2, -0.15) is 11.8 Å². The molecular formula is C13H18N2O4S. The number of ether oxygens (including phenoxy) is 1. The van der Waals surface area contributed by atoms with Crippen LogP contribution in [0, 0.1) is 10.1 Å². The van der Waals surface area contributed by atoms with Gasteiger partial charge in [0.1, 0.15) is 5.69 Å². The number of benzene rings is 1. The van der Waals surface area contributed by atoms with Gasteiger partial charge in [-0.05, 0) is 24.8 Å². The van der Waals surface area contributed by atoms with Gasteiger partial charge in [0.2, 0.25) is 0 Å². The second-order valence-electron chi connectivity index (χ2n) is 4.19. The first-order valence-electron chi connectivity index (χ1n) is 6.15. The number of rotatable bonds is 7. The molecule has 7 heteroatoms. The van der Waals surface area contributed by atoms with Crippen LogP contribution < -0.4 is 5.32 Å². The van der Waals surface area contributed by atoms with E-state index >= 15 is 0 Å². The van der Waals surface area contributed by atoms with Crippen LogP contribution in [0.15, 0.2) is 18.2 Å². The molecule has 0 heterocycles. The minimum absolute atomic E-state index is 0.0443. The van der Waals surface area contributed by atoms with E-state index < -0.39 is 10.9 Å². The van der Waals surface area contributed by atoms with E-state index in [1.54, 1.807) is 11.8 Å². The largest absolute Gasteiger partial charge is 0.465 e. The van der Waals surface area contributed by atoms with Gasteiger partial charge in [0.15, 0.2) is 0 Å². The SMILES string of the molecule is CCC(CSC)Nc1cc(C(=O)OC)ccc1[N+](=O)[O-]. The van der Waals surface area contributed by atoms with E-state index in [-0.39, 0.29) is 11.7 Å². The van der Waals surface area contributed by atoms with Crippen LogP contribution in [0.2, 0.25) is 0 Å². The number of carbonyl (C=O) groups is 1. The Morgan fingerprint density at radius 1 is 1.55 bits per heavy atom. The monoisotopic (exact) mass is 298 g/mol. The van der Waals surface area contributed by atoms with Crippen molar-refractivity contribution in [1.29, 1.82) is 0 Å². The third-order valence-corrected chi connectivity index (χ3v) is 3.57. The van der Waals surface area contributed by atoms with Crippen molar-refractivity contribution in [3.8, 4) is 0 Å². The van der Waals surface area contributed by atoms with Crippen LogP contribution in [0.25, 0.3) is 0 Å². The zero-order chi connectivity index (χ0) is 15.1. The van der Waals surface area contributed by atoms with Gasteiger partial charge < -0.3 is 10.1 Å². The molecule has 1 unspecified atom stereocenters. The predicted octanol–water partition coefficient (Wildman–Crippen LogP) is 2.93. The fraction of sp³-hybridized carbons (Fsp3) is 0.462. The summed E-state index contributed by atoms with van der Waals surface area (Å²) in [5.74, 6) is 0.316. The standard InChI is InChI=1S/C13H18N2O4S/c1-4-10(8-20-3)14-11-7-9(13(16)19-2)5-6-12(11)15(17)18/h5-7,10,14H,4,8H2,1-3H3. The van der Waals surface area contributed by atoms with Gasteiger partial charge >= 0.3 is 5.97 Å². The van der Waals surface area contributed by atoms with Gasteiger partial charge in [-0.25, -0.2) is 4.79 Å². The Balaban J connectivity index is 3.11. The van der Waals surface area contributed by atoms with Crippen LogP contribution >= 0.6 is 11.8 Å². The number of anilines is 1. The number of esters is 1. The number of nitro benzene ring substituents is 1. The summed E-state index contributed by atoms with van der Waals surface area (Å²) < 4.78 is 4.63. The number of nitrogens with one attached hydrogen (secondary N) is 1. The number of nitrogens with zero attached hydrogens (tertiary/aromatic N) is 1. The van der Waals surface area contributed by atoms with Crippen LogP contribution in [0.1, 0.15) is 23.7 Å². The van der Waals surface area contributed by atoms with E-state index in [1.165, 1.54) is 25.3 Å². The second-order valence-corrected chi connectivity index (χ2v) is 5.10. The Hall–Kier alpha value is -1.76. The van der Waals surface area contributed by atoms with E-state index in [4.69, 9.17) is 0 Å². The Morgan fingerprint density at radius 3 is 2.75 bits per heavy atom. The van der Waals surface area contributed by atoms with Crippen molar-refractivity contribution >= 4 is 29.1 Å². The topological polar surface area (TPSA) is 81.5 Å². The van der Waals surface area contributed by atoms with Crippen molar-refractivity contribution in [3.05, 3.63) is 33.9 Å². The summed E-state index contributed by atoms with van der Waals surface area (Å²) in [6.45, 7) is 2.00.